The van der Waals surface area contributed by atoms with Crippen LogP contribution in [0.3, 0.4) is 0 Å². The van der Waals surface area contributed by atoms with Crippen molar-refractivity contribution in [3.05, 3.63) is 23.9 Å². The predicted octanol–water partition coefficient (Wildman–Crippen LogP) is 2.12. The van der Waals surface area contributed by atoms with Crippen molar-refractivity contribution in [3.8, 4) is 0 Å². The fourth-order valence-electron chi connectivity index (χ4n) is 4.16. The molecule has 2 aliphatic heterocycles. The van der Waals surface area contributed by atoms with E-state index in [1.54, 1.807) is 0 Å². The van der Waals surface area contributed by atoms with Gasteiger partial charge in [0.25, 0.3) is 0 Å². The number of nitrogens with two attached hydrogens (primary N) is 1. The van der Waals surface area contributed by atoms with E-state index in [0.717, 1.165) is 57.3 Å². The standard InChI is InChI=1S/C21H34N6O/c1-2-23-21(27-12-6-7-18(16-27)13-19(22)28)25-15-17-8-9-24-20(14-17)26-10-4-3-5-11-26/h8-9,14,18H,2-7,10-13,15-16H2,1H3,(H2,22,28)(H,23,25). The minimum Gasteiger partial charge on any atom is -0.370 e. The van der Waals surface area contributed by atoms with Gasteiger partial charge in [-0.1, -0.05) is 0 Å². The normalized spacial score (nSPS) is 20.9. The summed E-state index contributed by atoms with van der Waals surface area (Å²) in [5, 5.41) is 3.41. The second-order valence-electron chi connectivity index (χ2n) is 7.86. The van der Waals surface area contributed by atoms with Crippen molar-refractivity contribution in [2.45, 2.75) is 52.0 Å². The first-order chi connectivity index (χ1) is 13.7. The van der Waals surface area contributed by atoms with Gasteiger partial charge in [-0.3, -0.25) is 4.79 Å². The van der Waals surface area contributed by atoms with Gasteiger partial charge in [0.05, 0.1) is 6.54 Å². The summed E-state index contributed by atoms with van der Waals surface area (Å²) < 4.78 is 0. The molecule has 0 bridgehead atoms. The van der Waals surface area contributed by atoms with Crippen LogP contribution in [-0.2, 0) is 11.3 Å². The Hall–Kier alpha value is -2.31. The molecule has 1 aromatic heterocycles. The Balaban J connectivity index is 1.66. The first-order valence-electron chi connectivity index (χ1n) is 10.7. The maximum atomic E-state index is 11.3. The average Bonchev–Trinajstić information content (AvgIpc) is 2.72. The van der Waals surface area contributed by atoms with Gasteiger partial charge in [-0.25, -0.2) is 9.98 Å². The molecule has 1 atom stereocenters. The molecular weight excluding hydrogens is 352 g/mol. The summed E-state index contributed by atoms with van der Waals surface area (Å²) in [6, 6.07) is 4.22. The van der Waals surface area contributed by atoms with Crippen LogP contribution in [0, 0.1) is 5.92 Å². The number of guanidine groups is 1. The number of likely N-dealkylation sites (tertiary alicyclic amines) is 1. The van der Waals surface area contributed by atoms with E-state index in [1.165, 1.54) is 24.8 Å². The number of nitrogens with one attached hydrogen (secondary N) is 1. The van der Waals surface area contributed by atoms with Crippen LogP contribution >= 0.6 is 0 Å². The lowest BCUT2D eigenvalue weighted by atomic mass is 9.95. The zero-order chi connectivity index (χ0) is 19.8. The fraction of sp³-hybridized carbons (Fsp3) is 0.667. The summed E-state index contributed by atoms with van der Waals surface area (Å²) in [5.41, 5.74) is 6.58. The molecule has 7 heteroatoms. The van der Waals surface area contributed by atoms with Crippen molar-refractivity contribution in [1.29, 1.82) is 0 Å². The average molecular weight is 387 g/mol. The van der Waals surface area contributed by atoms with Crippen molar-refractivity contribution < 1.29 is 4.79 Å². The monoisotopic (exact) mass is 386 g/mol. The number of aromatic nitrogens is 1. The lowest BCUT2D eigenvalue weighted by molar-refractivity contribution is -0.119. The molecule has 1 amide bonds. The number of amides is 1. The highest BCUT2D eigenvalue weighted by Crippen LogP contribution is 2.21. The second-order valence-corrected chi connectivity index (χ2v) is 7.86. The van der Waals surface area contributed by atoms with Crippen LogP contribution in [0.25, 0.3) is 0 Å². The first kappa shape index (κ1) is 20.4. The molecule has 1 unspecified atom stereocenters. The largest absolute Gasteiger partial charge is 0.370 e. The Morgan fingerprint density at radius 2 is 2.11 bits per heavy atom. The summed E-state index contributed by atoms with van der Waals surface area (Å²) in [7, 11) is 0. The van der Waals surface area contributed by atoms with Crippen molar-refractivity contribution in [3.63, 3.8) is 0 Å². The van der Waals surface area contributed by atoms with E-state index in [4.69, 9.17) is 10.7 Å². The number of carbonyl (C=O) groups is 1. The van der Waals surface area contributed by atoms with E-state index in [0.29, 0.717) is 18.9 Å². The Morgan fingerprint density at radius 1 is 1.29 bits per heavy atom. The Morgan fingerprint density at radius 3 is 2.86 bits per heavy atom. The maximum absolute atomic E-state index is 11.3. The third-order valence-electron chi connectivity index (χ3n) is 5.54. The molecule has 7 nitrogen and oxygen atoms in total. The SMILES string of the molecule is CCNC(=NCc1ccnc(N2CCCCC2)c1)N1CCCC(CC(N)=O)C1. The summed E-state index contributed by atoms with van der Waals surface area (Å²) in [5.74, 6) is 2.10. The van der Waals surface area contributed by atoms with Crippen LogP contribution in [0.2, 0.25) is 0 Å². The van der Waals surface area contributed by atoms with Crippen molar-refractivity contribution in [2.75, 3.05) is 37.6 Å². The highest BCUT2D eigenvalue weighted by molar-refractivity contribution is 5.80. The Kier molecular flexibility index (Phi) is 7.51. The van der Waals surface area contributed by atoms with Crippen LogP contribution in [-0.4, -0.2) is 54.5 Å². The summed E-state index contributed by atoms with van der Waals surface area (Å²) in [6.45, 7) is 7.53. The van der Waals surface area contributed by atoms with Gasteiger partial charge in [-0.2, -0.15) is 0 Å². The maximum Gasteiger partial charge on any atom is 0.217 e. The molecule has 2 fully saturated rings. The number of carbonyl (C=O) groups excluding carboxylic acids is 1. The van der Waals surface area contributed by atoms with E-state index in [1.807, 2.05) is 12.3 Å². The fourth-order valence-corrected chi connectivity index (χ4v) is 4.16. The van der Waals surface area contributed by atoms with E-state index in [-0.39, 0.29) is 5.91 Å². The van der Waals surface area contributed by atoms with E-state index in [2.05, 4.69) is 33.1 Å². The number of piperidine rings is 2. The molecule has 3 rings (SSSR count). The van der Waals surface area contributed by atoms with Gasteiger partial charge in [-0.05, 0) is 62.6 Å². The summed E-state index contributed by atoms with van der Waals surface area (Å²) in [6.07, 6.45) is 8.29. The summed E-state index contributed by atoms with van der Waals surface area (Å²) >= 11 is 0. The van der Waals surface area contributed by atoms with Gasteiger partial charge in [0, 0.05) is 45.3 Å². The lowest BCUT2D eigenvalue weighted by Crippen LogP contribution is -2.47. The molecule has 28 heavy (non-hydrogen) atoms. The number of hydrogen-bond acceptors (Lipinski definition) is 4. The zero-order valence-corrected chi connectivity index (χ0v) is 17.1. The van der Waals surface area contributed by atoms with Crippen molar-refractivity contribution >= 4 is 17.7 Å². The molecule has 3 heterocycles. The minimum absolute atomic E-state index is 0.212. The van der Waals surface area contributed by atoms with Crippen LogP contribution < -0.4 is 16.0 Å². The number of aliphatic imine (C=N–C) groups is 1. The van der Waals surface area contributed by atoms with E-state index >= 15 is 0 Å². The molecule has 0 aromatic carbocycles. The lowest BCUT2D eigenvalue weighted by Gasteiger charge is -2.34. The van der Waals surface area contributed by atoms with Gasteiger partial charge in [0.15, 0.2) is 5.96 Å². The van der Waals surface area contributed by atoms with Gasteiger partial charge in [-0.15, -0.1) is 0 Å². The first-order valence-corrected chi connectivity index (χ1v) is 10.7. The van der Waals surface area contributed by atoms with Crippen molar-refractivity contribution in [2.24, 2.45) is 16.6 Å². The number of nitrogens with zero attached hydrogens (tertiary/aromatic N) is 4. The number of pyridine rings is 1. The third-order valence-corrected chi connectivity index (χ3v) is 5.54. The highest BCUT2D eigenvalue weighted by Gasteiger charge is 2.23. The van der Waals surface area contributed by atoms with Crippen LogP contribution in [0.5, 0.6) is 0 Å². The molecule has 0 aliphatic carbocycles. The van der Waals surface area contributed by atoms with Crippen LogP contribution in [0.4, 0.5) is 5.82 Å². The zero-order valence-electron chi connectivity index (χ0n) is 17.1. The smallest absolute Gasteiger partial charge is 0.217 e. The van der Waals surface area contributed by atoms with Gasteiger partial charge in [0.2, 0.25) is 5.91 Å². The van der Waals surface area contributed by atoms with Gasteiger partial charge in [0.1, 0.15) is 5.82 Å². The minimum atomic E-state index is -0.212. The molecule has 0 saturated carbocycles. The molecule has 0 spiro atoms. The van der Waals surface area contributed by atoms with E-state index in [9.17, 15) is 4.79 Å². The molecular formula is C21H34N6O. The molecule has 1 aromatic rings. The topological polar surface area (TPSA) is 86.8 Å². The summed E-state index contributed by atoms with van der Waals surface area (Å²) in [4.78, 5) is 25.4. The molecule has 0 radical (unpaired) electrons. The Bertz CT molecular complexity index is 671. The van der Waals surface area contributed by atoms with E-state index < -0.39 is 0 Å². The molecule has 2 aliphatic rings. The highest BCUT2D eigenvalue weighted by atomic mass is 16.1. The number of anilines is 1. The van der Waals surface area contributed by atoms with Crippen LogP contribution in [0.1, 0.15) is 51.0 Å². The predicted molar refractivity (Wildman–Crippen MR) is 113 cm³/mol. The van der Waals surface area contributed by atoms with Gasteiger partial charge < -0.3 is 20.9 Å². The van der Waals surface area contributed by atoms with Crippen LogP contribution in [0.15, 0.2) is 23.3 Å². The second kappa shape index (κ2) is 10.3. The number of hydrogen-bond donors (Lipinski definition) is 2. The molecule has 3 N–H and O–H groups in total. The molecule has 2 saturated heterocycles. The molecule has 154 valence electrons. The number of primary amides is 1. The quantitative estimate of drug-likeness (QED) is 0.578. The number of rotatable bonds is 6. The Labute approximate surface area is 168 Å². The van der Waals surface area contributed by atoms with Crippen molar-refractivity contribution in [1.82, 2.24) is 15.2 Å². The third kappa shape index (κ3) is 5.84. The van der Waals surface area contributed by atoms with Gasteiger partial charge >= 0.3 is 0 Å².